The van der Waals surface area contributed by atoms with Crippen LogP contribution in [0.15, 0.2) is 41.5 Å². The summed E-state index contributed by atoms with van der Waals surface area (Å²) in [7, 11) is 0. The van der Waals surface area contributed by atoms with E-state index in [4.69, 9.17) is 0 Å². The monoisotopic (exact) mass is 302 g/mol. The van der Waals surface area contributed by atoms with Crippen LogP contribution in [0.4, 0.5) is 0 Å². The summed E-state index contributed by atoms with van der Waals surface area (Å²) in [5.74, 6) is -0.950. The van der Waals surface area contributed by atoms with Crippen LogP contribution in [0.3, 0.4) is 0 Å². The van der Waals surface area contributed by atoms with Gasteiger partial charge in [-0.1, -0.05) is 18.2 Å². The highest BCUT2D eigenvalue weighted by atomic mass is 32.1. The lowest BCUT2D eigenvalue weighted by Gasteiger charge is -2.03. The molecule has 3 aromatic rings. The maximum Gasteiger partial charge on any atom is 0.346 e. The van der Waals surface area contributed by atoms with Crippen LogP contribution in [0.25, 0.3) is 10.1 Å². The summed E-state index contributed by atoms with van der Waals surface area (Å²) in [4.78, 5) is 23.9. The van der Waals surface area contributed by atoms with Crippen LogP contribution in [0, 0.1) is 0 Å². The van der Waals surface area contributed by atoms with Crippen molar-refractivity contribution in [2.24, 2.45) is 0 Å². The lowest BCUT2D eigenvalue weighted by atomic mass is 10.1. The van der Waals surface area contributed by atoms with E-state index in [1.807, 2.05) is 31.2 Å². The summed E-state index contributed by atoms with van der Waals surface area (Å²) >= 11 is 1.25. The Bertz CT molecular complexity index is 873. The van der Waals surface area contributed by atoms with Crippen molar-refractivity contribution in [3.8, 4) is 0 Å². The standard InChI is InChI=1S/C15H14N2O3S/c1-2-16-7-8-17(15(16)20)9-11-10-5-3-4-6-12(10)21-13(11)14(18)19/h3-8H,2,9H2,1H3,(H,18,19). The summed E-state index contributed by atoms with van der Waals surface area (Å²) in [6, 6.07) is 7.56. The number of imidazole rings is 1. The van der Waals surface area contributed by atoms with Crippen molar-refractivity contribution in [1.29, 1.82) is 0 Å². The van der Waals surface area contributed by atoms with E-state index in [0.717, 1.165) is 10.1 Å². The first kappa shape index (κ1) is 13.6. The first-order valence-corrected chi connectivity index (χ1v) is 7.42. The Balaban J connectivity index is 2.14. The summed E-state index contributed by atoms with van der Waals surface area (Å²) < 4.78 is 4.06. The number of rotatable bonds is 4. The minimum atomic E-state index is -0.950. The first-order chi connectivity index (χ1) is 10.1. The van der Waals surface area contributed by atoms with Gasteiger partial charge in [0.05, 0.1) is 6.54 Å². The number of benzene rings is 1. The molecule has 5 nitrogen and oxygen atoms in total. The van der Waals surface area contributed by atoms with Crippen molar-refractivity contribution in [2.75, 3.05) is 0 Å². The minimum absolute atomic E-state index is 0.121. The molecule has 0 amide bonds. The van der Waals surface area contributed by atoms with Crippen molar-refractivity contribution in [2.45, 2.75) is 20.0 Å². The van der Waals surface area contributed by atoms with E-state index in [2.05, 4.69) is 0 Å². The predicted molar refractivity (Wildman–Crippen MR) is 82.3 cm³/mol. The SMILES string of the molecule is CCn1ccn(Cc2c(C(=O)O)sc3ccccc23)c1=O. The Hall–Kier alpha value is -2.34. The van der Waals surface area contributed by atoms with Gasteiger partial charge in [0.25, 0.3) is 0 Å². The third kappa shape index (κ3) is 2.27. The first-order valence-electron chi connectivity index (χ1n) is 6.61. The molecule has 0 aliphatic rings. The van der Waals surface area contributed by atoms with E-state index in [9.17, 15) is 14.7 Å². The molecule has 0 fully saturated rings. The topological polar surface area (TPSA) is 64.2 Å². The van der Waals surface area contributed by atoms with Gasteiger partial charge in [-0.15, -0.1) is 11.3 Å². The van der Waals surface area contributed by atoms with Crippen LogP contribution in [0.2, 0.25) is 0 Å². The molecule has 0 bridgehead atoms. The lowest BCUT2D eigenvalue weighted by molar-refractivity contribution is 0.0701. The molecule has 0 aliphatic heterocycles. The molecule has 3 rings (SSSR count). The summed E-state index contributed by atoms with van der Waals surface area (Å²) in [5, 5.41) is 10.3. The molecule has 21 heavy (non-hydrogen) atoms. The van der Waals surface area contributed by atoms with E-state index in [-0.39, 0.29) is 12.2 Å². The summed E-state index contributed by atoms with van der Waals surface area (Å²) in [5.41, 5.74) is 0.572. The normalized spacial score (nSPS) is 11.1. The zero-order valence-electron chi connectivity index (χ0n) is 11.4. The van der Waals surface area contributed by atoms with Gasteiger partial charge in [-0.05, 0) is 18.4 Å². The van der Waals surface area contributed by atoms with E-state index >= 15 is 0 Å². The van der Waals surface area contributed by atoms with Crippen LogP contribution in [0.1, 0.15) is 22.2 Å². The molecule has 6 heteroatoms. The molecule has 2 heterocycles. The second kappa shape index (κ2) is 5.21. The smallest absolute Gasteiger partial charge is 0.346 e. The number of carbonyl (C=O) groups is 1. The van der Waals surface area contributed by atoms with E-state index in [1.165, 1.54) is 11.3 Å². The fourth-order valence-electron chi connectivity index (χ4n) is 2.41. The number of thiophene rings is 1. The highest BCUT2D eigenvalue weighted by Gasteiger charge is 2.18. The Morgan fingerprint density at radius 1 is 1.24 bits per heavy atom. The van der Waals surface area contributed by atoms with Gasteiger partial charge >= 0.3 is 11.7 Å². The van der Waals surface area contributed by atoms with Crippen molar-refractivity contribution in [3.05, 3.63) is 57.6 Å². The number of hydrogen-bond acceptors (Lipinski definition) is 3. The molecule has 1 aromatic carbocycles. The lowest BCUT2D eigenvalue weighted by Crippen LogP contribution is -2.24. The molecule has 1 N–H and O–H groups in total. The molecule has 2 aromatic heterocycles. The van der Waals surface area contributed by atoms with Crippen molar-refractivity contribution < 1.29 is 9.90 Å². The largest absolute Gasteiger partial charge is 0.477 e. The Labute approximate surface area is 124 Å². The van der Waals surface area contributed by atoms with Crippen LogP contribution in [-0.4, -0.2) is 20.2 Å². The van der Waals surface area contributed by atoms with Gasteiger partial charge in [0.15, 0.2) is 0 Å². The van der Waals surface area contributed by atoms with Gasteiger partial charge in [0.2, 0.25) is 0 Å². The number of carboxylic acids is 1. The quantitative estimate of drug-likeness (QED) is 0.805. The van der Waals surface area contributed by atoms with Gasteiger partial charge in [-0.2, -0.15) is 0 Å². The average molecular weight is 302 g/mol. The second-order valence-corrected chi connectivity index (χ2v) is 5.76. The van der Waals surface area contributed by atoms with E-state index < -0.39 is 5.97 Å². The Kier molecular flexibility index (Phi) is 3.39. The maximum absolute atomic E-state index is 12.1. The number of aromatic carboxylic acids is 1. The molecular formula is C15H14N2O3S. The van der Waals surface area contributed by atoms with Crippen molar-refractivity contribution in [3.63, 3.8) is 0 Å². The number of hydrogen-bond donors (Lipinski definition) is 1. The molecule has 0 atom stereocenters. The molecule has 0 saturated carbocycles. The van der Waals surface area contributed by atoms with Gasteiger partial charge in [0.1, 0.15) is 4.88 Å². The maximum atomic E-state index is 12.1. The van der Waals surface area contributed by atoms with Gasteiger partial charge < -0.3 is 5.11 Å². The highest BCUT2D eigenvalue weighted by Crippen LogP contribution is 2.31. The fraction of sp³-hybridized carbons (Fsp3) is 0.200. The van der Waals surface area contributed by atoms with Crippen LogP contribution in [0.5, 0.6) is 0 Å². The number of carboxylic acid groups (broad SMARTS) is 1. The Morgan fingerprint density at radius 2 is 1.95 bits per heavy atom. The van der Waals surface area contributed by atoms with Gasteiger partial charge in [0, 0.05) is 29.2 Å². The molecule has 0 unspecified atom stereocenters. The summed E-state index contributed by atoms with van der Waals surface area (Å²) in [6.07, 6.45) is 3.42. The van der Waals surface area contributed by atoms with Crippen LogP contribution in [-0.2, 0) is 13.1 Å². The van der Waals surface area contributed by atoms with Gasteiger partial charge in [-0.3, -0.25) is 9.13 Å². The molecule has 0 aliphatic carbocycles. The van der Waals surface area contributed by atoms with Gasteiger partial charge in [-0.25, -0.2) is 9.59 Å². The second-order valence-electron chi connectivity index (χ2n) is 4.71. The third-order valence-electron chi connectivity index (χ3n) is 3.48. The molecular weight excluding hydrogens is 288 g/mol. The molecule has 0 spiro atoms. The number of aryl methyl sites for hydroxylation is 1. The number of nitrogens with zero attached hydrogens (tertiary/aromatic N) is 2. The van der Waals surface area contributed by atoms with Crippen molar-refractivity contribution >= 4 is 27.4 Å². The van der Waals surface area contributed by atoms with E-state index in [1.54, 1.807) is 21.5 Å². The van der Waals surface area contributed by atoms with Crippen LogP contribution >= 0.6 is 11.3 Å². The molecule has 108 valence electrons. The van der Waals surface area contributed by atoms with Crippen molar-refractivity contribution in [1.82, 2.24) is 9.13 Å². The minimum Gasteiger partial charge on any atom is -0.477 e. The highest BCUT2D eigenvalue weighted by molar-refractivity contribution is 7.21. The zero-order chi connectivity index (χ0) is 15.0. The molecule has 0 radical (unpaired) electrons. The number of fused-ring (bicyclic) bond motifs is 1. The summed E-state index contributed by atoms with van der Waals surface area (Å²) in [6.45, 7) is 2.77. The predicted octanol–water partition coefficient (Wildman–Crippen LogP) is 2.63. The van der Waals surface area contributed by atoms with Crippen LogP contribution < -0.4 is 5.69 Å². The zero-order valence-corrected chi connectivity index (χ0v) is 12.3. The molecule has 0 saturated heterocycles. The average Bonchev–Trinajstić information content (AvgIpc) is 3.02. The van der Waals surface area contributed by atoms with E-state index in [0.29, 0.717) is 17.0 Å². The fourth-order valence-corrected chi connectivity index (χ4v) is 3.47. The Morgan fingerprint density at radius 3 is 2.62 bits per heavy atom. The third-order valence-corrected chi connectivity index (χ3v) is 4.68. The number of aromatic nitrogens is 2.